The second kappa shape index (κ2) is 5.92. The van der Waals surface area contributed by atoms with E-state index in [9.17, 15) is 4.79 Å². The molecular weight excluding hydrogens is 256 g/mol. The number of nitrogens with one attached hydrogen (secondary N) is 1. The number of H-pyrrole nitrogens is 1. The Kier molecular flexibility index (Phi) is 4.24. The van der Waals surface area contributed by atoms with E-state index in [1.807, 2.05) is 26.2 Å². The molecule has 0 aromatic carbocycles. The quantitative estimate of drug-likeness (QED) is 0.901. The zero-order chi connectivity index (χ0) is 14.7. The van der Waals surface area contributed by atoms with Crippen LogP contribution in [0.15, 0.2) is 22.7 Å². The van der Waals surface area contributed by atoms with Crippen LogP contribution >= 0.6 is 0 Å². The van der Waals surface area contributed by atoms with Crippen LogP contribution in [0.3, 0.4) is 0 Å². The summed E-state index contributed by atoms with van der Waals surface area (Å²) < 4.78 is 5.56. The van der Waals surface area contributed by atoms with Gasteiger partial charge in [-0.1, -0.05) is 0 Å². The van der Waals surface area contributed by atoms with Crippen molar-refractivity contribution in [1.82, 2.24) is 19.8 Å². The number of aromatic amines is 1. The summed E-state index contributed by atoms with van der Waals surface area (Å²) in [7, 11) is 5.39. The van der Waals surface area contributed by atoms with Crippen LogP contribution in [-0.2, 0) is 13.1 Å². The summed E-state index contributed by atoms with van der Waals surface area (Å²) in [5.41, 5.74) is 1.05. The van der Waals surface area contributed by atoms with Crippen molar-refractivity contribution in [3.63, 3.8) is 0 Å². The SMILES string of the molecule is Cc1cnc(CN(C)Cc2ccc(C(=O)N(C)C)o2)[nH]1. The second-order valence-electron chi connectivity index (χ2n) is 5.15. The van der Waals surface area contributed by atoms with Crippen molar-refractivity contribution in [2.24, 2.45) is 0 Å². The molecule has 0 saturated heterocycles. The minimum atomic E-state index is -0.124. The molecule has 1 N–H and O–H groups in total. The van der Waals surface area contributed by atoms with Crippen LogP contribution in [0.1, 0.15) is 27.8 Å². The van der Waals surface area contributed by atoms with Crippen molar-refractivity contribution < 1.29 is 9.21 Å². The first-order valence-electron chi connectivity index (χ1n) is 6.45. The highest BCUT2D eigenvalue weighted by atomic mass is 16.4. The van der Waals surface area contributed by atoms with Crippen LogP contribution in [0.4, 0.5) is 0 Å². The number of amides is 1. The minimum absolute atomic E-state index is 0.124. The summed E-state index contributed by atoms with van der Waals surface area (Å²) in [5.74, 6) is 1.93. The standard InChI is InChI=1S/C14H20N4O2/c1-10-7-15-13(16-10)9-18(4)8-11-5-6-12(20-11)14(19)17(2)3/h5-7H,8-9H2,1-4H3,(H,15,16). The molecule has 2 heterocycles. The molecule has 2 rings (SSSR count). The molecule has 0 fully saturated rings. The smallest absolute Gasteiger partial charge is 0.289 e. The number of imidazole rings is 1. The van der Waals surface area contributed by atoms with E-state index in [0.717, 1.165) is 17.3 Å². The summed E-state index contributed by atoms with van der Waals surface area (Å²) >= 11 is 0. The Morgan fingerprint density at radius 2 is 2.05 bits per heavy atom. The van der Waals surface area contributed by atoms with Crippen LogP contribution in [0.5, 0.6) is 0 Å². The fraction of sp³-hybridized carbons (Fsp3) is 0.429. The molecule has 0 unspecified atom stereocenters. The molecule has 0 bridgehead atoms. The lowest BCUT2D eigenvalue weighted by Gasteiger charge is -2.13. The van der Waals surface area contributed by atoms with E-state index < -0.39 is 0 Å². The fourth-order valence-electron chi connectivity index (χ4n) is 1.92. The van der Waals surface area contributed by atoms with Gasteiger partial charge in [0.1, 0.15) is 11.6 Å². The average molecular weight is 276 g/mol. The summed E-state index contributed by atoms with van der Waals surface area (Å²) in [6, 6.07) is 3.54. The zero-order valence-corrected chi connectivity index (χ0v) is 12.3. The summed E-state index contributed by atoms with van der Waals surface area (Å²) in [5, 5.41) is 0. The Balaban J connectivity index is 1.94. The number of carbonyl (C=O) groups excluding carboxylic acids is 1. The fourth-order valence-corrected chi connectivity index (χ4v) is 1.92. The third kappa shape index (κ3) is 3.48. The normalized spacial score (nSPS) is 11.1. The molecule has 0 aliphatic heterocycles. The maximum atomic E-state index is 11.7. The van der Waals surface area contributed by atoms with E-state index in [4.69, 9.17) is 4.42 Å². The Morgan fingerprint density at radius 3 is 2.65 bits per heavy atom. The van der Waals surface area contributed by atoms with Gasteiger partial charge in [-0.05, 0) is 26.1 Å². The van der Waals surface area contributed by atoms with Crippen LogP contribution < -0.4 is 0 Å². The molecule has 6 heteroatoms. The Morgan fingerprint density at radius 1 is 1.30 bits per heavy atom. The third-order valence-electron chi connectivity index (χ3n) is 2.88. The average Bonchev–Trinajstić information content (AvgIpc) is 2.97. The predicted octanol–water partition coefficient (Wildman–Crippen LogP) is 1.64. The topological polar surface area (TPSA) is 65.4 Å². The van der Waals surface area contributed by atoms with Gasteiger partial charge in [0, 0.05) is 26.0 Å². The highest BCUT2D eigenvalue weighted by molar-refractivity contribution is 5.91. The third-order valence-corrected chi connectivity index (χ3v) is 2.88. The van der Waals surface area contributed by atoms with Crippen molar-refractivity contribution in [3.05, 3.63) is 41.4 Å². The number of nitrogens with zero attached hydrogens (tertiary/aromatic N) is 3. The monoisotopic (exact) mass is 276 g/mol. The maximum absolute atomic E-state index is 11.7. The second-order valence-corrected chi connectivity index (χ2v) is 5.15. The largest absolute Gasteiger partial charge is 0.455 e. The number of carbonyl (C=O) groups is 1. The van der Waals surface area contributed by atoms with Crippen molar-refractivity contribution >= 4 is 5.91 Å². The molecule has 0 atom stereocenters. The molecule has 108 valence electrons. The van der Waals surface area contributed by atoms with Crippen molar-refractivity contribution in [2.75, 3.05) is 21.1 Å². The molecule has 20 heavy (non-hydrogen) atoms. The van der Waals surface area contributed by atoms with Gasteiger partial charge in [0.15, 0.2) is 5.76 Å². The Hall–Kier alpha value is -2.08. The van der Waals surface area contributed by atoms with Gasteiger partial charge in [-0.3, -0.25) is 9.69 Å². The molecule has 1 amide bonds. The summed E-state index contributed by atoms with van der Waals surface area (Å²) in [6.45, 7) is 3.30. The van der Waals surface area contributed by atoms with E-state index in [0.29, 0.717) is 18.8 Å². The van der Waals surface area contributed by atoms with E-state index in [1.54, 1.807) is 20.2 Å². The lowest BCUT2D eigenvalue weighted by Crippen LogP contribution is -2.21. The van der Waals surface area contributed by atoms with Gasteiger partial charge < -0.3 is 14.3 Å². The molecule has 0 aliphatic rings. The van der Waals surface area contributed by atoms with Crippen LogP contribution in [-0.4, -0.2) is 46.8 Å². The molecule has 2 aromatic rings. The molecule has 2 aromatic heterocycles. The first kappa shape index (κ1) is 14.3. The molecule has 0 spiro atoms. The van der Waals surface area contributed by atoms with Gasteiger partial charge in [0.2, 0.25) is 0 Å². The van der Waals surface area contributed by atoms with Gasteiger partial charge in [0.05, 0.1) is 13.1 Å². The van der Waals surface area contributed by atoms with E-state index in [-0.39, 0.29) is 5.91 Å². The number of hydrogen-bond donors (Lipinski definition) is 1. The van der Waals surface area contributed by atoms with Crippen molar-refractivity contribution in [1.29, 1.82) is 0 Å². The van der Waals surface area contributed by atoms with Crippen molar-refractivity contribution in [2.45, 2.75) is 20.0 Å². The lowest BCUT2D eigenvalue weighted by molar-refractivity contribution is 0.0793. The molecule has 0 aliphatic carbocycles. The highest BCUT2D eigenvalue weighted by Crippen LogP contribution is 2.12. The van der Waals surface area contributed by atoms with Gasteiger partial charge in [-0.2, -0.15) is 0 Å². The number of rotatable bonds is 5. The number of hydrogen-bond acceptors (Lipinski definition) is 4. The molecule has 6 nitrogen and oxygen atoms in total. The number of aromatic nitrogens is 2. The maximum Gasteiger partial charge on any atom is 0.289 e. The highest BCUT2D eigenvalue weighted by Gasteiger charge is 2.14. The Labute approximate surface area is 118 Å². The van der Waals surface area contributed by atoms with Gasteiger partial charge in [-0.15, -0.1) is 0 Å². The molecule has 0 saturated carbocycles. The lowest BCUT2D eigenvalue weighted by atomic mass is 10.4. The van der Waals surface area contributed by atoms with Gasteiger partial charge in [-0.25, -0.2) is 4.98 Å². The van der Waals surface area contributed by atoms with E-state index in [2.05, 4.69) is 14.9 Å². The zero-order valence-electron chi connectivity index (χ0n) is 12.3. The van der Waals surface area contributed by atoms with Gasteiger partial charge >= 0.3 is 0 Å². The minimum Gasteiger partial charge on any atom is -0.455 e. The van der Waals surface area contributed by atoms with Gasteiger partial charge in [0.25, 0.3) is 5.91 Å². The van der Waals surface area contributed by atoms with E-state index >= 15 is 0 Å². The molecular formula is C14H20N4O2. The van der Waals surface area contributed by atoms with E-state index in [1.165, 1.54) is 4.90 Å². The summed E-state index contributed by atoms with van der Waals surface area (Å²) in [6.07, 6.45) is 1.81. The predicted molar refractivity (Wildman–Crippen MR) is 75.2 cm³/mol. The molecule has 0 radical (unpaired) electrons. The van der Waals surface area contributed by atoms with Crippen LogP contribution in [0.25, 0.3) is 0 Å². The van der Waals surface area contributed by atoms with Crippen molar-refractivity contribution in [3.8, 4) is 0 Å². The van der Waals surface area contributed by atoms with Crippen LogP contribution in [0, 0.1) is 6.92 Å². The number of aryl methyl sites for hydroxylation is 1. The number of furan rings is 1. The Bertz CT molecular complexity index is 586. The van der Waals surface area contributed by atoms with Crippen LogP contribution in [0.2, 0.25) is 0 Å². The first-order valence-corrected chi connectivity index (χ1v) is 6.45. The summed E-state index contributed by atoms with van der Waals surface area (Å²) in [4.78, 5) is 22.8. The first-order chi connectivity index (χ1) is 9.45.